The van der Waals surface area contributed by atoms with Crippen LogP contribution in [0.4, 0.5) is 11.4 Å². The van der Waals surface area contributed by atoms with Crippen LogP contribution in [0.2, 0.25) is 0 Å². The second-order valence-electron chi connectivity index (χ2n) is 7.37. The molecule has 0 fully saturated rings. The number of nitrogens with two attached hydrogens (primary N) is 1. The summed E-state index contributed by atoms with van der Waals surface area (Å²) in [6.07, 6.45) is 6.58. The third kappa shape index (κ3) is 4.46. The summed E-state index contributed by atoms with van der Waals surface area (Å²) in [6, 6.07) is 14.3. The van der Waals surface area contributed by atoms with Crippen LogP contribution in [0.15, 0.2) is 61.1 Å². The van der Waals surface area contributed by atoms with E-state index in [0.717, 1.165) is 57.9 Å². The summed E-state index contributed by atoms with van der Waals surface area (Å²) in [7, 11) is 5.22. The Hall–Kier alpha value is -3.58. The van der Waals surface area contributed by atoms with Crippen LogP contribution in [0.5, 0.6) is 11.5 Å². The first-order chi connectivity index (χ1) is 15.1. The van der Waals surface area contributed by atoms with Gasteiger partial charge in [-0.1, -0.05) is 0 Å². The minimum Gasteiger partial charge on any atom is -0.497 e. The molecule has 0 amide bonds. The van der Waals surface area contributed by atoms with Crippen LogP contribution >= 0.6 is 0 Å². The Morgan fingerprint density at radius 3 is 2.35 bits per heavy atom. The van der Waals surface area contributed by atoms with Crippen molar-refractivity contribution in [3.8, 4) is 22.6 Å². The summed E-state index contributed by atoms with van der Waals surface area (Å²) in [6.45, 7) is 1.38. The lowest BCUT2D eigenvalue weighted by Gasteiger charge is -2.26. The van der Waals surface area contributed by atoms with Crippen molar-refractivity contribution in [2.24, 2.45) is 12.8 Å². The Bertz CT molecular complexity index is 1170. The summed E-state index contributed by atoms with van der Waals surface area (Å²) in [5.41, 5.74) is 10.9. The Morgan fingerprint density at radius 1 is 0.935 bits per heavy atom. The average molecular weight is 418 g/mol. The summed E-state index contributed by atoms with van der Waals surface area (Å²) in [5, 5.41) is 5.33. The highest BCUT2D eigenvalue weighted by Gasteiger charge is 2.14. The molecule has 160 valence electrons. The van der Waals surface area contributed by atoms with Crippen molar-refractivity contribution < 1.29 is 9.47 Å². The van der Waals surface area contributed by atoms with Gasteiger partial charge < -0.3 is 20.1 Å². The molecule has 0 aliphatic rings. The standard InChI is InChI=1S/C24H27N5O2/c1-28-16-19(15-27-28)18-9-17-10-20(5-6-24(17)26-14-18)29(8-4-7-25)21-11-22(30-2)13-23(12-21)31-3/h5-6,9-16H,4,7-8,25H2,1-3H3. The largest absolute Gasteiger partial charge is 0.497 e. The van der Waals surface area contributed by atoms with Gasteiger partial charge in [-0.15, -0.1) is 0 Å². The Morgan fingerprint density at radius 2 is 1.71 bits per heavy atom. The lowest BCUT2D eigenvalue weighted by atomic mass is 10.1. The van der Waals surface area contributed by atoms with Crippen LogP contribution < -0.4 is 20.1 Å². The predicted molar refractivity (Wildman–Crippen MR) is 124 cm³/mol. The molecule has 0 atom stereocenters. The number of ether oxygens (including phenoxy) is 2. The molecule has 2 heterocycles. The number of hydrogen-bond acceptors (Lipinski definition) is 6. The number of anilines is 2. The molecule has 0 radical (unpaired) electrons. The van der Waals surface area contributed by atoms with Gasteiger partial charge in [0.2, 0.25) is 0 Å². The highest BCUT2D eigenvalue weighted by molar-refractivity contribution is 5.87. The van der Waals surface area contributed by atoms with Crippen molar-refractivity contribution >= 4 is 22.3 Å². The van der Waals surface area contributed by atoms with E-state index in [0.29, 0.717) is 6.54 Å². The molecule has 4 aromatic rings. The third-order valence-corrected chi connectivity index (χ3v) is 5.25. The van der Waals surface area contributed by atoms with E-state index < -0.39 is 0 Å². The van der Waals surface area contributed by atoms with Gasteiger partial charge in [0.15, 0.2) is 0 Å². The maximum atomic E-state index is 5.83. The monoisotopic (exact) mass is 417 g/mol. The van der Waals surface area contributed by atoms with Gasteiger partial charge in [0, 0.05) is 72.1 Å². The Labute approximate surface area is 182 Å². The zero-order valence-corrected chi connectivity index (χ0v) is 18.1. The first-order valence-corrected chi connectivity index (χ1v) is 10.2. The van der Waals surface area contributed by atoms with Gasteiger partial charge in [0.25, 0.3) is 0 Å². The number of methoxy groups -OCH3 is 2. The highest BCUT2D eigenvalue weighted by atomic mass is 16.5. The lowest BCUT2D eigenvalue weighted by molar-refractivity contribution is 0.394. The SMILES string of the molecule is COc1cc(OC)cc(N(CCCN)c2ccc3ncc(-c4cnn(C)c4)cc3c2)c1. The number of fused-ring (bicyclic) bond motifs is 1. The zero-order valence-electron chi connectivity index (χ0n) is 18.1. The molecule has 4 rings (SSSR count). The number of aryl methyl sites for hydroxylation is 1. The molecule has 7 heteroatoms. The molecular weight excluding hydrogens is 390 g/mol. The smallest absolute Gasteiger partial charge is 0.124 e. The molecule has 2 N–H and O–H groups in total. The normalized spacial score (nSPS) is 11.0. The number of aromatic nitrogens is 3. The molecule has 0 unspecified atom stereocenters. The van der Waals surface area contributed by atoms with Crippen LogP contribution in [0.1, 0.15) is 6.42 Å². The van der Waals surface area contributed by atoms with Crippen LogP contribution in [0.25, 0.3) is 22.0 Å². The van der Waals surface area contributed by atoms with Gasteiger partial charge in [-0.05, 0) is 37.2 Å². The molecular formula is C24H27N5O2. The Kier molecular flexibility index (Phi) is 6.04. The fourth-order valence-corrected chi connectivity index (χ4v) is 3.62. The van der Waals surface area contributed by atoms with Crippen molar-refractivity contribution in [3.63, 3.8) is 0 Å². The van der Waals surface area contributed by atoms with E-state index in [1.807, 2.05) is 49.9 Å². The van der Waals surface area contributed by atoms with Crippen molar-refractivity contribution in [2.75, 3.05) is 32.2 Å². The summed E-state index contributed by atoms with van der Waals surface area (Å²) in [5.74, 6) is 1.49. The number of rotatable bonds is 8. The van der Waals surface area contributed by atoms with Gasteiger partial charge in [-0.2, -0.15) is 5.10 Å². The minimum absolute atomic E-state index is 0.609. The van der Waals surface area contributed by atoms with E-state index in [9.17, 15) is 0 Å². The Balaban J connectivity index is 1.78. The van der Waals surface area contributed by atoms with Crippen LogP contribution in [0, 0.1) is 0 Å². The molecule has 0 aliphatic carbocycles. The predicted octanol–water partition coefficient (Wildman–Crippen LogP) is 4.14. The molecule has 7 nitrogen and oxygen atoms in total. The topological polar surface area (TPSA) is 78.4 Å². The fraction of sp³-hybridized carbons (Fsp3) is 0.250. The summed E-state index contributed by atoms with van der Waals surface area (Å²) < 4.78 is 12.7. The van der Waals surface area contributed by atoms with E-state index in [1.165, 1.54) is 0 Å². The molecule has 0 bridgehead atoms. The number of nitrogens with zero attached hydrogens (tertiary/aromatic N) is 4. The van der Waals surface area contributed by atoms with Gasteiger partial charge in [-0.25, -0.2) is 0 Å². The van der Waals surface area contributed by atoms with E-state index >= 15 is 0 Å². The van der Waals surface area contributed by atoms with Crippen LogP contribution in [-0.4, -0.2) is 42.1 Å². The molecule has 0 aliphatic heterocycles. The molecule has 2 aromatic carbocycles. The second kappa shape index (κ2) is 9.06. The molecule has 0 spiro atoms. The van der Waals surface area contributed by atoms with E-state index in [4.69, 9.17) is 15.2 Å². The molecule has 31 heavy (non-hydrogen) atoms. The van der Waals surface area contributed by atoms with Crippen molar-refractivity contribution in [2.45, 2.75) is 6.42 Å². The van der Waals surface area contributed by atoms with Gasteiger partial charge in [0.05, 0.1) is 25.9 Å². The average Bonchev–Trinajstić information content (AvgIpc) is 3.24. The van der Waals surface area contributed by atoms with Gasteiger partial charge >= 0.3 is 0 Å². The number of benzene rings is 2. The van der Waals surface area contributed by atoms with Gasteiger partial charge in [0.1, 0.15) is 11.5 Å². The third-order valence-electron chi connectivity index (χ3n) is 5.25. The van der Waals surface area contributed by atoms with Crippen molar-refractivity contribution in [3.05, 3.63) is 61.1 Å². The van der Waals surface area contributed by atoms with Crippen molar-refractivity contribution in [1.29, 1.82) is 0 Å². The molecule has 2 aromatic heterocycles. The molecule has 0 saturated heterocycles. The van der Waals surface area contributed by atoms with E-state index in [2.05, 4.69) is 33.2 Å². The summed E-state index contributed by atoms with van der Waals surface area (Å²) in [4.78, 5) is 6.87. The number of pyridine rings is 1. The van der Waals surface area contributed by atoms with Crippen LogP contribution in [-0.2, 0) is 7.05 Å². The maximum absolute atomic E-state index is 5.83. The fourth-order valence-electron chi connectivity index (χ4n) is 3.62. The molecule has 0 saturated carbocycles. The first kappa shape index (κ1) is 20.7. The highest BCUT2D eigenvalue weighted by Crippen LogP contribution is 2.34. The van der Waals surface area contributed by atoms with E-state index in [1.54, 1.807) is 18.9 Å². The van der Waals surface area contributed by atoms with Gasteiger partial charge in [-0.3, -0.25) is 9.67 Å². The number of hydrogen-bond donors (Lipinski definition) is 1. The second-order valence-corrected chi connectivity index (χ2v) is 7.37. The lowest BCUT2D eigenvalue weighted by Crippen LogP contribution is -2.21. The quantitative estimate of drug-likeness (QED) is 0.464. The minimum atomic E-state index is 0.609. The maximum Gasteiger partial charge on any atom is 0.124 e. The summed E-state index contributed by atoms with van der Waals surface area (Å²) >= 11 is 0. The van der Waals surface area contributed by atoms with Crippen molar-refractivity contribution in [1.82, 2.24) is 14.8 Å². The van der Waals surface area contributed by atoms with E-state index in [-0.39, 0.29) is 0 Å². The zero-order chi connectivity index (χ0) is 21.8. The van der Waals surface area contributed by atoms with Crippen LogP contribution in [0.3, 0.4) is 0 Å². The first-order valence-electron chi connectivity index (χ1n) is 10.2.